The van der Waals surface area contributed by atoms with Crippen LogP contribution in [-0.4, -0.2) is 106 Å². The number of hydrogen-bond donors (Lipinski definition) is 3. The van der Waals surface area contributed by atoms with Gasteiger partial charge in [-0.3, -0.25) is 19.1 Å². The fraction of sp³-hybridized carbons (Fsp3) is 0.675. The molecule has 318 valence electrons. The molecule has 0 unspecified atom stereocenters. The normalized spacial score (nSPS) is 29.1. The van der Waals surface area contributed by atoms with Gasteiger partial charge in [-0.25, -0.2) is 18.2 Å². The summed E-state index contributed by atoms with van der Waals surface area (Å²) in [5, 5.41) is 5.74. The Balaban J connectivity index is 1.38. The Hall–Kier alpha value is -4.74. The number of allylic oxidation sites excluding steroid dienone is 1. The number of sulfonamides is 1. The van der Waals surface area contributed by atoms with E-state index in [1.54, 1.807) is 46.8 Å². The Morgan fingerprint density at radius 3 is 2.47 bits per heavy atom. The lowest BCUT2D eigenvalue weighted by Gasteiger charge is -2.34. The van der Waals surface area contributed by atoms with Gasteiger partial charge >= 0.3 is 6.09 Å². The third-order valence-electron chi connectivity index (χ3n) is 11.5. The van der Waals surface area contributed by atoms with E-state index in [-0.39, 0.29) is 55.2 Å². The summed E-state index contributed by atoms with van der Waals surface area (Å²) in [6, 6.07) is 1.04. The number of carbonyl (C=O) groups excluding carboxylic acids is 4. The highest BCUT2D eigenvalue weighted by molar-refractivity contribution is 7.91. The molecule has 4 amide bonds. The fourth-order valence-electron chi connectivity index (χ4n) is 7.72. The largest absolute Gasteiger partial charge is 0.481 e. The van der Waals surface area contributed by atoms with Crippen LogP contribution in [0.2, 0.25) is 0 Å². The number of nitrogens with one attached hydrogen (secondary N) is 3. The van der Waals surface area contributed by atoms with Crippen molar-refractivity contribution in [3.8, 4) is 17.6 Å². The number of amides is 4. The molecule has 0 aromatic carbocycles. The zero-order valence-electron chi connectivity index (χ0n) is 34.6. The van der Waals surface area contributed by atoms with Crippen LogP contribution in [0.15, 0.2) is 24.3 Å². The number of carbonyl (C=O) groups is 4. The second-order valence-corrected chi connectivity index (χ2v) is 19.4. The lowest BCUT2D eigenvalue weighted by atomic mass is 9.85. The van der Waals surface area contributed by atoms with Gasteiger partial charge in [0, 0.05) is 18.4 Å². The van der Waals surface area contributed by atoms with Gasteiger partial charge in [-0.1, -0.05) is 32.4 Å². The molecule has 0 bridgehead atoms. The van der Waals surface area contributed by atoms with Crippen LogP contribution in [-0.2, 0) is 29.1 Å². The van der Waals surface area contributed by atoms with Crippen molar-refractivity contribution in [3.05, 3.63) is 24.3 Å². The average molecular weight is 828 g/mol. The number of fused-ring (bicyclic) bond motifs is 3. The van der Waals surface area contributed by atoms with E-state index in [1.165, 1.54) is 12.0 Å². The van der Waals surface area contributed by atoms with Crippen molar-refractivity contribution < 1.29 is 46.5 Å². The van der Waals surface area contributed by atoms with Gasteiger partial charge in [-0.05, 0) is 91.0 Å². The Labute approximate surface area is 339 Å². The molecule has 0 radical (unpaired) electrons. The number of methoxy groups -OCH3 is 1. The number of alkyl carbamates (subject to hydrolysis) is 1. The van der Waals surface area contributed by atoms with Crippen molar-refractivity contribution in [1.29, 1.82) is 0 Å². The van der Waals surface area contributed by atoms with Crippen molar-refractivity contribution in [1.82, 2.24) is 35.2 Å². The van der Waals surface area contributed by atoms with Crippen LogP contribution in [0.4, 0.5) is 4.79 Å². The van der Waals surface area contributed by atoms with Crippen molar-refractivity contribution in [3.63, 3.8) is 0 Å². The summed E-state index contributed by atoms with van der Waals surface area (Å²) < 4.78 is 50.8. The lowest BCUT2D eigenvalue weighted by Crippen LogP contribution is -2.59. The molecule has 7 atom stereocenters. The molecule has 2 saturated carbocycles. The van der Waals surface area contributed by atoms with E-state index >= 15 is 0 Å². The standard InChI is InChI=1S/C40H57N7O10S/c1-9-24-19-23(3)13-11-12-14-25-21-40(25,36(50)46-58(52,53)39(7)17-18-39)45-32(48)28-20-26(22-47(28)35(49)30(24)43-37(51)57-38(4,5)6)56-34-33(55-10-2)41-27-15-16-29(54-8)42-31(27)44-34/h12,14-16,23-26,28,30H,9-11,13,17-22H2,1-8H3,(H,43,51)(H,45,48)(H,46,50)/b14-12-/t23-,24-,25-,26-,28+,30+,40-/m1/s1. The molecule has 17 nitrogen and oxygen atoms in total. The van der Waals surface area contributed by atoms with Crippen molar-refractivity contribution >= 4 is 45.0 Å². The molecular weight excluding hydrogens is 771 g/mol. The molecular formula is C40H57N7O10S. The van der Waals surface area contributed by atoms with Crippen LogP contribution in [0.3, 0.4) is 0 Å². The van der Waals surface area contributed by atoms with Crippen LogP contribution in [0.5, 0.6) is 17.6 Å². The molecule has 3 N–H and O–H groups in total. The number of pyridine rings is 1. The van der Waals surface area contributed by atoms with Gasteiger partial charge in [0.2, 0.25) is 27.7 Å². The summed E-state index contributed by atoms with van der Waals surface area (Å²) in [5.41, 5.74) is -1.77. The first-order valence-corrected chi connectivity index (χ1v) is 21.7. The molecule has 2 aliphatic heterocycles. The third kappa shape index (κ3) is 9.26. The summed E-state index contributed by atoms with van der Waals surface area (Å²) in [5.74, 6) is -2.32. The first-order valence-electron chi connectivity index (χ1n) is 20.2. The third-order valence-corrected chi connectivity index (χ3v) is 13.6. The number of ether oxygens (including phenoxy) is 4. The number of hydrogen-bond acceptors (Lipinski definition) is 13. The summed E-state index contributed by atoms with van der Waals surface area (Å²) in [7, 11) is -2.55. The van der Waals surface area contributed by atoms with E-state index in [1.807, 2.05) is 19.1 Å². The number of nitrogens with zero attached hydrogens (tertiary/aromatic N) is 4. The zero-order chi connectivity index (χ0) is 42.2. The molecule has 2 aromatic rings. The SMILES string of the molecule is CCOc1nc2ccc(OC)nc2nc1O[C@@H]1C[C@H]2C(=O)N[C@]3(C(=O)NS(=O)(=O)C4(C)CC4)C[C@H]3/C=C\CC[C@@H](C)C[C@@H](CC)[C@H](NC(=O)OC(C)(C)C)C(=O)N2C1. The van der Waals surface area contributed by atoms with Gasteiger partial charge in [0.05, 0.1) is 25.0 Å². The van der Waals surface area contributed by atoms with Crippen LogP contribution in [0.25, 0.3) is 11.2 Å². The minimum atomic E-state index is -4.03. The highest BCUT2D eigenvalue weighted by atomic mass is 32.2. The topological polar surface area (TPSA) is 217 Å². The predicted molar refractivity (Wildman–Crippen MR) is 212 cm³/mol. The van der Waals surface area contributed by atoms with Crippen molar-refractivity contribution in [2.75, 3.05) is 20.3 Å². The fourth-order valence-corrected chi connectivity index (χ4v) is 9.04. The van der Waals surface area contributed by atoms with Crippen LogP contribution in [0.1, 0.15) is 99.8 Å². The molecule has 2 aliphatic carbocycles. The van der Waals surface area contributed by atoms with Crippen LogP contribution in [0, 0.1) is 17.8 Å². The molecule has 2 aromatic heterocycles. The van der Waals surface area contributed by atoms with Gasteiger partial charge in [-0.2, -0.15) is 9.97 Å². The molecule has 0 spiro atoms. The van der Waals surface area contributed by atoms with Crippen LogP contribution < -0.4 is 29.6 Å². The molecule has 4 heterocycles. The van der Waals surface area contributed by atoms with Crippen LogP contribution >= 0.6 is 0 Å². The first kappa shape index (κ1) is 42.9. The van der Waals surface area contributed by atoms with E-state index in [9.17, 15) is 27.6 Å². The Morgan fingerprint density at radius 1 is 1.07 bits per heavy atom. The molecule has 6 rings (SSSR count). The quantitative estimate of drug-likeness (QED) is 0.290. The Bertz CT molecular complexity index is 2050. The van der Waals surface area contributed by atoms with Gasteiger partial charge in [0.25, 0.3) is 17.7 Å². The second-order valence-electron chi connectivity index (χ2n) is 17.2. The van der Waals surface area contributed by atoms with Gasteiger partial charge in [-0.15, -0.1) is 0 Å². The predicted octanol–water partition coefficient (Wildman–Crippen LogP) is 3.95. The highest BCUT2D eigenvalue weighted by Crippen LogP contribution is 2.47. The van der Waals surface area contributed by atoms with E-state index in [2.05, 4.69) is 37.2 Å². The summed E-state index contributed by atoms with van der Waals surface area (Å²) in [4.78, 5) is 71.8. The maximum absolute atomic E-state index is 15.0. The lowest BCUT2D eigenvalue weighted by molar-refractivity contribution is -0.142. The van der Waals surface area contributed by atoms with Crippen molar-refractivity contribution in [2.45, 2.75) is 134 Å². The van der Waals surface area contributed by atoms with Crippen molar-refractivity contribution in [2.24, 2.45) is 17.8 Å². The molecule has 4 aliphatic rings. The number of rotatable bonds is 10. The van der Waals surface area contributed by atoms with E-state index in [0.29, 0.717) is 43.5 Å². The maximum Gasteiger partial charge on any atom is 0.408 e. The first-order chi connectivity index (χ1) is 27.3. The second kappa shape index (κ2) is 16.5. The zero-order valence-corrected chi connectivity index (χ0v) is 35.4. The van der Waals surface area contributed by atoms with E-state index < -0.39 is 73.8 Å². The monoisotopic (exact) mass is 827 g/mol. The van der Waals surface area contributed by atoms with Gasteiger partial charge < -0.3 is 34.5 Å². The Morgan fingerprint density at radius 2 is 1.81 bits per heavy atom. The molecule has 1 saturated heterocycles. The smallest absolute Gasteiger partial charge is 0.408 e. The molecule has 18 heteroatoms. The van der Waals surface area contributed by atoms with Gasteiger partial charge in [0.1, 0.15) is 34.8 Å². The van der Waals surface area contributed by atoms with E-state index in [0.717, 1.165) is 6.42 Å². The molecule has 58 heavy (non-hydrogen) atoms. The minimum Gasteiger partial charge on any atom is -0.481 e. The van der Waals surface area contributed by atoms with Gasteiger partial charge in [0.15, 0.2) is 5.65 Å². The highest BCUT2D eigenvalue weighted by Gasteiger charge is 2.63. The summed E-state index contributed by atoms with van der Waals surface area (Å²) in [6.45, 7) is 12.7. The van der Waals surface area contributed by atoms with E-state index in [4.69, 9.17) is 18.9 Å². The minimum absolute atomic E-state index is 0.0126. The summed E-state index contributed by atoms with van der Waals surface area (Å²) in [6.07, 6.45) is 5.71. The molecule has 3 fully saturated rings. The Kier molecular flexibility index (Phi) is 12.2. The number of aromatic nitrogens is 3. The maximum atomic E-state index is 15.0. The summed E-state index contributed by atoms with van der Waals surface area (Å²) >= 11 is 0. The average Bonchev–Trinajstić information content (AvgIpc) is 4.03.